The Morgan fingerprint density at radius 2 is 1.17 bits per heavy atom. The highest BCUT2D eigenvalue weighted by Crippen LogP contribution is 2.65. The van der Waals surface area contributed by atoms with Crippen molar-refractivity contribution in [3.05, 3.63) is 125 Å². The van der Waals surface area contributed by atoms with E-state index in [0.717, 1.165) is 5.46 Å². The summed E-state index contributed by atoms with van der Waals surface area (Å²) in [6, 6.07) is 38.1. The van der Waals surface area contributed by atoms with Gasteiger partial charge in [-0.3, -0.25) is 0 Å². The molecule has 1 unspecified atom stereocenters. The van der Waals surface area contributed by atoms with Crippen LogP contribution in [0.1, 0.15) is 49.9 Å². The number of hydrogen-bond acceptors (Lipinski definition) is 4. The van der Waals surface area contributed by atoms with Crippen molar-refractivity contribution in [3.8, 4) is 22.3 Å². The van der Waals surface area contributed by atoms with Crippen LogP contribution in [0.3, 0.4) is 0 Å². The minimum Gasteiger partial charge on any atom is -0.427 e. The molecule has 0 radical (unpaired) electrons. The third kappa shape index (κ3) is 3.51. The van der Waals surface area contributed by atoms with Gasteiger partial charge in [0.1, 0.15) is 0 Å². The average molecular weight is 583 g/mol. The van der Waals surface area contributed by atoms with Crippen LogP contribution in [0, 0.1) is 0 Å². The molecule has 1 heterocycles. The molecule has 0 amide bonds. The Bertz CT molecular complexity index is 1920. The molecular formula is C37H31BO2S2. The molecule has 0 saturated carbocycles. The molecule has 8 rings (SSSR count). The molecule has 1 aliphatic heterocycles. The fraction of sp³-hybridized carbons (Fsp3) is 0.189. The Morgan fingerprint density at radius 3 is 1.86 bits per heavy atom. The van der Waals surface area contributed by atoms with Gasteiger partial charge in [0.2, 0.25) is 0 Å². The molecule has 2 aliphatic carbocycles. The molecule has 1 atom stereocenters. The second kappa shape index (κ2) is 9.14. The van der Waals surface area contributed by atoms with E-state index in [2.05, 4.69) is 103 Å². The van der Waals surface area contributed by atoms with Crippen LogP contribution in [-0.4, -0.2) is 23.8 Å². The molecule has 0 fully saturated rings. The lowest BCUT2D eigenvalue weighted by Crippen LogP contribution is -2.49. The zero-order valence-corrected chi connectivity index (χ0v) is 25.8. The molecule has 5 aromatic rings. The molecule has 0 bridgehead atoms. The maximum Gasteiger partial charge on any atom is 0.310 e. The van der Waals surface area contributed by atoms with Gasteiger partial charge in [-0.2, -0.15) is 0 Å². The van der Waals surface area contributed by atoms with E-state index >= 15 is 0 Å². The van der Waals surface area contributed by atoms with Gasteiger partial charge in [-0.05, 0) is 90.3 Å². The van der Waals surface area contributed by atoms with E-state index < -0.39 is 16.6 Å². The standard InChI is InChI=1S/C37H31BO2S2/c1-35(2,39)36(3,4)40-38-28-17-11-16-26-32(28)22-12-5-7-14-24(22)37(26)25-15-8-6-13-23(25)33-27(37)20-21-31-34(33)42-30-19-10-9-18-29(30)41-31/h5-21,38-39H,1-4H3. The zero-order valence-electron chi connectivity index (χ0n) is 24.2. The molecule has 42 heavy (non-hydrogen) atoms. The summed E-state index contributed by atoms with van der Waals surface area (Å²) in [6.45, 7) is 7.56. The molecule has 0 aromatic heterocycles. The summed E-state index contributed by atoms with van der Waals surface area (Å²) in [6.07, 6.45) is 0. The first-order valence-electron chi connectivity index (χ1n) is 14.5. The molecule has 3 aliphatic rings. The van der Waals surface area contributed by atoms with Gasteiger partial charge in [0, 0.05) is 25.1 Å². The highest BCUT2D eigenvalue weighted by Gasteiger charge is 2.53. The Labute approximate surface area is 256 Å². The lowest BCUT2D eigenvalue weighted by Gasteiger charge is -2.37. The van der Waals surface area contributed by atoms with Crippen molar-refractivity contribution in [1.82, 2.24) is 0 Å². The number of fused-ring (bicyclic) bond motifs is 13. The molecule has 2 nitrogen and oxygen atoms in total. The maximum absolute atomic E-state index is 10.8. The molecule has 0 saturated heterocycles. The van der Waals surface area contributed by atoms with Crippen LogP contribution in [0.2, 0.25) is 0 Å². The van der Waals surface area contributed by atoms with Gasteiger partial charge >= 0.3 is 7.48 Å². The van der Waals surface area contributed by atoms with Crippen molar-refractivity contribution in [2.24, 2.45) is 0 Å². The third-order valence-electron chi connectivity index (χ3n) is 9.62. The molecule has 5 aromatic carbocycles. The first-order valence-corrected chi connectivity index (χ1v) is 16.2. The topological polar surface area (TPSA) is 29.5 Å². The normalized spacial score (nSPS) is 17.6. The third-order valence-corrected chi connectivity index (χ3v) is 12.2. The number of aliphatic hydroxyl groups is 1. The van der Waals surface area contributed by atoms with Gasteiger partial charge in [-0.15, -0.1) is 0 Å². The van der Waals surface area contributed by atoms with Gasteiger partial charge in [-0.1, -0.05) is 108 Å². The van der Waals surface area contributed by atoms with Crippen LogP contribution < -0.4 is 5.46 Å². The van der Waals surface area contributed by atoms with Crippen LogP contribution in [0.4, 0.5) is 0 Å². The smallest absolute Gasteiger partial charge is 0.310 e. The lowest BCUT2D eigenvalue weighted by molar-refractivity contribution is -0.0893. The Kier molecular flexibility index (Phi) is 5.75. The van der Waals surface area contributed by atoms with Crippen molar-refractivity contribution in [1.29, 1.82) is 0 Å². The number of hydrogen-bond donors (Lipinski definition) is 1. The summed E-state index contributed by atoms with van der Waals surface area (Å²) < 4.78 is 6.46. The minimum atomic E-state index is -0.971. The summed E-state index contributed by atoms with van der Waals surface area (Å²) in [4.78, 5) is 5.33. The van der Waals surface area contributed by atoms with Gasteiger partial charge < -0.3 is 9.76 Å². The van der Waals surface area contributed by atoms with E-state index in [1.165, 1.54) is 64.1 Å². The molecule has 1 spiro atoms. The predicted octanol–water partition coefficient (Wildman–Crippen LogP) is 8.19. The monoisotopic (exact) mass is 582 g/mol. The van der Waals surface area contributed by atoms with E-state index in [0.29, 0.717) is 7.48 Å². The quantitative estimate of drug-likeness (QED) is 0.212. The van der Waals surface area contributed by atoms with Gasteiger partial charge in [-0.25, -0.2) is 0 Å². The summed E-state index contributed by atoms with van der Waals surface area (Å²) in [5, 5.41) is 10.8. The van der Waals surface area contributed by atoms with E-state index in [4.69, 9.17) is 4.65 Å². The fourth-order valence-corrected chi connectivity index (χ4v) is 9.29. The van der Waals surface area contributed by atoms with Crippen LogP contribution in [0.25, 0.3) is 22.3 Å². The first kappa shape index (κ1) is 26.4. The highest BCUT2D eigenvalue weighted by atomic mass is 32.2. The number of benzene rings is 5. The maximum atomic E-state index is 10.8. The van der Waals surface area contributed by atoms with Crippen molar-refractivity contribution in [2.75, 3.05) is 0 Å². The van der Waals surface area contributed by atoms with E-state index in [9.17, 15) is 5.11 Å². The van der Waals surface area contributed by atoms with Gasteiger partial charge in [0.05, 0.1) is 16.6 Å². The summed E-state index contributed by atoms with van der Waals surface area (Å²) in [7, 11) is 0.423. The van der Waals surface area contributed by atoms with E-state index in [1.807, 2.05) is 51.2 Å². The number of rotatable bonds is 4. The Morgan fingerprint density at radius 1 is 0.595 bits per heavy atom. The largest absolute Gasteiger partial charge is 0.427 e. The summed E-state index contributed by atoms with van der Waals surface area (Å²) in [5.74, 6) is 0. The molecule has 206 valence electrons. The van der Waals surface area contributed by atoms with Crippen LogP contribution >= 0.6 is 23.5 Å². The first-order chi connectivity index (χ1) is 20.2. The predicted molar refractivity (Wildman–Crippen MR) is 176 cm³/mol. The zero-order chi connectivity index (χ0) is 28.9. The van der Waals surface area contributed by atoms with E-state index in [-0.39, 0.29) is 0 Å². The average Bonchev–Trinajstić information content (AvgIpc) is 3.46. The minimum absolute atomic E-state index is 0.406. The van der Waals surface area contributed by atoms with Gasteiger partial charge in [0.25, 0.3) is 0 Å². The van der Waals surface area contributed by atoms with Crippen molar-refractivity contribution in [3.63, 3.8) is 0 Å². The Hall–Kier alpha value is -3.22. The van der Waals surface area contributed by atoms with Crippen LogP contribution in [0.5, 0.6) is 0 Å². The fourth-order valence-electron chi connectivity index (χ4n) is 6.88. The second-order valence-corrected chi connectivity index (χ2v) is 14.6. The summed E-state index contributed by atoms with van der Waals surface area (Å²) in [5.41, 5.74) is 9.62. The van der Waals surface area contributed by atoms with Crippen molar-refractivity contribution < 1.29 is 9.76 Å². The van der Waals surface area contributed by atoms with Crippen molar-refractivity contribution in [2.45, 2.75) is 63.9 Å². The summed E-state index contributed by atoms with van der Waals surface area (Å²) >= 11 is 3.79. The van der Waals surface area contributed by atoms with E-state index in [1.54, 1.807) is 0 Å². The second-order valence-electron chi connectivity index (χ2n) is 12.5. The van der Waals surface area contributed by atoms with Gasteiger partial charge in [0.15, 0.2) is 0 Å². The van der Waals surface area contributed by atoms with Crippen LogP contribution in [0.15, 0.2) is 123 Å². The molecule has 1 N–H and O–H groups in total. The Balaban J connectivity index is 1.38. The molecular weight excluding hydrogens is 551 g/mol. The highest BCUT2D eigenvalue weighted by molar-refractivity contribution is 8.05. The van der Waals surface area contributed by atoms with Crippen molar-refractivity contribution >= 4 is 36.5 Å². The molecule has 5 heteroatoms. The van der Waals surface area contributed by atoms with Crippen LogP contribution in [-0.2, 0) is 10.1 Å². The SMILES string of the molecule is CC(C)(O)C(C)(C)OBc1cccc2c1-c1ccccc1C21c2ccccc2-c2c1ccc1c2Sc2ccccc2S1. The lowest BCUT2D eigenvalue weighted by atomic mass is 9.69.